The summed E-state index contributed by atoms with van der Waals surface area (Å²) in [7, 11) is 0. The zero-order chi connectivity index (χ0) is 8.55. The van der Waals surface area contributed by atoms with Crippen molar-refractivity contribution < 1.29 is 4.74 Å². The van der Waals surface area contributed by atoms with Crippen molar-refractivity contribution in [3.05, 3.63) is 0 Å². The number of piperidine rings is 1. The molecule has 2 heterocycles. The van der Waals surface area contributed by atoms with E-state index in [2.05, 4.69) is 18.7 Å². The second-order valence-electron chi connectivity index (χ2n) is 4.28. The molecule has 3 atom stereocenters. The molecule has 0 aromatic heterocycles. The fourth-order valence-electron chi connectivity index (χ4n) is 2.24. The molecule has 12 heavy (non-hydrogen) atoms. The van der Waals surface area contributed by atoms with Crippen molar-refractivity contribution in [2.45, 2.75) is 51.3 Å². The molecule has 0 aliphatic carbocycles. The lowest BCUT2D eigenvalue weighted by molar-refractivity contribution is 0.0941. The SMILES string of the molecule is CC1CCCC(C)N1CC1CO1. The number of ether oxygens (including phenoxy) is 1. The smallest absolute Gasteiger partial charge is 0.0936 e. The van der Waals surface area contributed by atoms with Crippen LogP contribution in [0.5, 0.6) is 0 Å². The van der Waals surface area contributed by atoms with Crippen molar-refractivity contribution in [1.82, 2.24) is 4.90 Å². The predicted octanol–water partition coefficient (Wildman–Crippen LogP) is 1.65. The quantitative estimate of drug-likeness (QED) is 0.584. The molecule has 70 valence electrons. The molecule has 0 bridgehead atoms. The first-order chi connectivity index (χ1) is 5.77. The van der Waals surface area contributed by atoms with Crippen LogP contribution in [-0.4, -0.2) is 36.2 Å². The number of epoxide rings is 1. The van der Waals surface area contributed by atoms with Crippen LogP contribution in [-0.2, 0) is 4.74 Å². The molecular weight excluding hydrogens is 150 g/mol. The third kappa shape index (κ3) is 1.80. The Balaban J connectivity index is 1.88. The molecule has 0 amide bonds. The van der Waals surface area contributed by atoms with E-state index in [1.165, 1.54) is 25.8 Å². The summed E-state index contributed by atoms with van der Waals surface area (Å²) >= 11 is 0. The van der Waals surface area contributed by atoms with Gasteiger partial charge in [0.15, 0.2) is 0 Å². The highest BCUT2D eigenvalue weighted by molar-refractivity contribution is 4.84. The van der Waals surface area contributed by atoms with Gasteiger partial charge in [0.25, 0.3) is 0 Å². The first-order valence-corrected chi connectivity index (χ1v) is 5.14. The van der Waals surface area contributed by atoms with Crippen molar-refractivity contribution in [1.29, 1.82) is 0 Å². The lowest BCUT2D eigenvalue weighted by Gasteiger charge is -2.38. The highest BCUT2D eigenvalue weighted by Gasteiger charge is 2.31. The first-order valence-electron chi connectivity index (χ1n) is 5.14. The molecule has 2 fully saturated rings. The van der Waals surface area contributed by atoms with Crippen LogP contribution in [0, 0.1) is 0 Å². The first kappa shape index (κ1) is 8.52. The van der Waals surface area contributed by atoms with E-state index >= 15 is 0 Å². The Labute approximate surface area is 74.9 Å². The number of likely N-dealkylation sites (tertiary alicyclic amines) is 1. The molecule has 3 unspecified atom stereocenters. The Morgan fingerprint density at radius 3 is 2.33 bits per heavy atom. The van der Waals surface area contributed by atoms with Crippen LogP contribution >= 0.6 is 0 Å². The Hall–Kier alpha value is -0.0800. The minimum atomic E-state index is 0.563. The molecule has 2 aliphatic heterocycles. The largest absolute Gasteiger partial charge is 0.372 e. The maximum absolute atomic E-state index is 5.27. The van der Waals surface area contributed by atoms with Gasteiger partial charge in [0.2, 0.25) is 0 Å². The van der Waals surface area contributed by atoms with Gasteiger partial charge >= 0.3 is 0 Å². The number of hydrogen-bond donors (Lipinski definition) is 0. The maximum Gasteiger partial charge on any atom is 0.0936 e. The monoisotopic (exact) mass is 169 g/mol. The molecule has 0 N–H and O–H groups in total. The molecule has 2 nitrogen and oxygen atoms in total. The normalized spacial score (nSPS) is 43.0. The lowest BCUT2D eigenvalue weighted by atomic mass is 9.97. The highest BCUT2D eigenvalue weighted by atomic mass is 16.6. The van der Waals surface area contributed by atoms with E-state index in [-0.39, 0.29) is 0 Å². The minimum absolute atomic E-state index is 0.563. The van der Waals surface area contributed by atoms with E-state index in [1.807, 2.05) is 0 Å². The molecule has 0 saturated carbocycles. The van der Waals surface area contributed by atoms with Crippen molar-refractivity contribution in [3.63, 3.8) is 0 Å². The van der Waals surface area contributed by atoms with Crippen LogP contribution in [0.15, 0.2) is 0 Å². The fraction of sp³-hybridized carbons (Fsp3) is 1.00. The van der Waals surface area contributed by atoms with E-state index < -0.39 is 0 Å². The zero-order valence-corrected chi connectivity index (χ0v) is 8.12. The van der Waals surface area contributed by atoms with E-state index in [4.69, 9.17) is 4.74 Å². The van der Waals surface area contributed by atoms with Gasteiger partial charge in [0.05, 0.1) is 12.7 Å². The Morgan fingerprint density at radius 1 is 1.25 bits per heavy atom. The molecule has 0 spiro atoms. The summed E-state index contributed by atoms with van der Waals surface area (Å²) in [6.07, 6.45) is 4.71. The van der Waals surface area contributed by atoms with Gasteiger partial charge < -0.3 is 4.74 Å². The summed E-state index contributed by atoms with van der Waals surface area (Å²) in [5.74, 6) is 0. The van der Waals surface area contributed by atoms with Gasteiger partial charge in [-0.25, -0.2) is 0 Å². The highest BCUT2D eigenvalue weighted by Crippen LogP contribution is 2.24. The molecule has 2 rings (SSSR count). The van der Waals surface area contributed by atoms with Gasteiger partial charge in [-0.2, -0.15) is 0 Å². The lowest BCUT2D eigenvalue weighted by Crippen LogP contribution is -2.45. The van der Waals surface area contributed by atoms with E-state index in [1.54, 1.807) is 0 Å². The van der Waals surface area contributed by atoms with Gasteiger partial charge in [0.1, 0.15) is 0 Å². The fourth-order valence-corrected chi connectivity index (χ4v) is 2.24. The third-order valence-corrected chi connectivity index (χ3v) is 3.19. The standard InChI is InChI=1S/C10H19NO/c1-8-4-3-5-9(2)11(8)6-10-7-12-10/h8-10H,3-7H2,1-2H3. The van der Waals surface area contributed by atoms with Gasteiger partial charge in [-0.1, -0.05) is 6.42 Å². The van der Waals surface area contributed by atoms with Crippen LogP contribution in [0.2, 0.25) is 0 Å². The number of nitrogens with zero attached hydrogens (tertiary/aromatic N) is 1. The summed E-state index contributed by atoms with van der Waals surface area (Å²) in [5, 5.41) is 0. The Bertz CT molecular complexity index is 146. The van der Waals surface area contributed by atoms with Crippen LogP contribution in [0.3, 0.4) is 0 Å². The summed E-state index contributed by atoms with van der Waals surface area (Å²) < 4.78 is 5.27. The van der Waals surface area contributed by atoms with Crippen LogP contribution < -0.4 is 0 Å². The molecule has 0 aromatic carbocycles. The summed E-state index contributed by atoms with van der Waals surface area (Å²) in [6.45, 7) is 6.86. The van der Waals surface area contributed by atoms with Gasteiger partial charge in [-0.3, -0.25) is 4.90 Å². The van der Waals surface area contributed by atoms with Gasteiger partial charge in [0, 0.05) is 18.6 Å². The van der Waals surface area contributed by atoms with Crippen molar-refractivity contribution in [3.8, 4) is 0 Å². The predicted molar refractivity (Wildman–Crippen MR) is 49.2 cm³/mol. The molecular formula is C10H19NO. The topological polar surface area (TPSA) is 15.8 Å². The average molecular weight is 169 g/mol. The zero-order valence-electron chi connectivity index (χ0n) is 8.12. The van der Waals surface area contributed by atoms with Crippen LogP contribution in [0.4, 0.5) is 0 Å². The summed E-state index contributed by atoms with van der Waals surface area (Å²) in [6, 6.07) is 1.55. The van der Waals surface area contributed by atoms with Crippen LogP contribution in [0.1, 0.15) is 33.1 Å². The second-order valence-corrected chi connectivity index (χ2v) is 4.28. The summed E-state index contributed by atoms with van der Waals surface area (Å²) in [5.41, 5.74) is 0. The average Bonchev–Trinajstić information content (AvgIpc) is 2.80. The molecule has 2 aliphatic rings. The number of hydrogen-bond acceptors (Lipinski definition) is 2. The number of rotatable bonds is 2. The van der Waals surface area contributed by atoms with Crippen molar-refractivity contribution in [2.24, 2.45) is 0 Å². The van der Waals surface area contributed by atoms with E-state index in [9.17, 15) is 0 Å². The Morgan fingerprint density at radius 2 is 1.83 bits per heavy atom. The molecule has 0 radical (unpaired) electrons. The maximum atomic E-state index is 5.27. The Kier molecular flexibility index (Phi) is 2.37. The molecule has 0 aromatic rings. The second kappa shape index (κ2) is 3.35. The van der Waals surface area contributed by atoms with Gasteiger partial charge in [-0.15, -0.1) is 0 Å². The van der Waals surface area contributed by atoms with Crippen molar-refractivity contribution >= 4 is 0 Å². The minimum Gasteiger partial charge on any atom is -0.372 e. The third-order valence-electron chi connectivity index (χ3n) is 3.19. The molecule has 2 saturated heterocycles. The molecule has 2 heteroatoms. The van der Waals surface area contributed by atoms with Crippen molar-refractivity contribution in [2.75, 3.05) is 13.2 Å². The van der Waals surface area contributed by atoms with Gasteiger partial charge in [-0.05, 0) is 26.7 Å². The van der Waals surface area contributed by atoms with E-state index in [0.717, 1.165) is 18.7 Å². The van der Waals surface area contributed by atoms with E-state index in [0.29, 0.717) is 6.10 Å². The van der Waals surface area contributed by atoms with Crippen LogP contribution in [0.25, 0.3) is 0 Å². The summed E-state index contributed by atoms with van der Waals surface area (Å²) in [4.78, 5) is 2.61.